The molecular weight excluding hydrogens is 352 g/mol. The maximum Gasteiger partial charge on any atom is 0.224 e. The van der Waals surface area contributed by atoms with Crippen molar-refractivity contribution in [3.05, 3.63) is 47.8 Å². The number of rotatable bonds is 6. The third kappa shape index (κ3) is 4.13. The van der Waals surface area contributed by atoms with Crippen molar-refractivity contribution in [2.24, 2.45) is 0 Å². The molecule has 4 rings (SSSR count). The Morgan fingerprint density at radius 3 is 2.57 bits per heavy atom. The van der Waals surface area contributed by atoms with Crippen LogP contribution in [-0.2, 0) is 17.6 Å². The van der Waals surface area contributed by atoms with Crippen molar-refractivity contribution in [1.82, 2.24) is 19.8 Å². The van der Waals surface area contributed by atoms with E-state index in [0.717, 1.165) is 31.0 Å². The molecule has 0 saturated carbocycles. The van der Waals surface area contributed by atoms with Gasteiger partial charge < -0.3 is 10.2 Å². The van der Waals surface area contributed by atoms with E-state index in [1.54, 1.807) is 4.52 Å². The van der Waals surface area contributed by atoms with Gasteiger partial charge in [-0.15, -0.1) is 15.3 Å². The number of aromatic nitrogens is 4. The summed E-state index contributed by atoms with van der Waals surface area (Å²) >= 11 is 0. The number of anilines is 2. The zero-order chi connectivity index (χ0) is 19.3. The van der Waals surface area contributed by atoms with Gasteiger partial charge in [0.1, 0.15) is 5.82 Å². The van der Waals surface area contributed by atoms with Gasteiger partial charge in [0, 0.05) is 31.6 Å². The Morgan fingerprint density at radius 1 is 1.04 bits per heavy atom. The second-order valence-electron chi connectivity index (χ2n) is 7.22. The van der Waals surface area contributed by atoms with Crippen molar-refractivity contribution in [2.75, 3.05) is 23.3 Å². The Hall–Kier alpha value is -2.96. The first-order valence-corrected chi connectivity index (χ1v) is 10.1. The molecule has 3 heterocycles. The predicted molar refractivity (Wildman–Crippen MR) is 110 cm³/mol. The second kappa shape index (κ2) is 8.37. The van der Waals surface area contributed by atoms with Crippen LogP contribution in [0.2, 0.25) is 0 Å². The minimum atomic E-state index is -0.0341. The molecule has 1 amide bonds. The molecule has 7 nitrogen and oxygen atoms in total. The summed E-state index contributed by atoms with van der Waals surface area (Å²) in [7, 11) is 0. The van der Waals surface area contributed by atoms with Gasteiger partial charge in [0.05, 0.1) is 0 Å². The van der Waals surface area contributed by atoms with Gasteiger partial charge in [-0.3, -0.25) is 4.79 Å². The first-order chi connectivity index (χ1) is 13.7. The lowest BCUT2D eigenvalue weighted by molar-refractivity contribution is -0.116. The minimum absolute atomic E-state index is 0.0341. The third-order valence-corrected chi connectivity index (χ3v) is 5.21. The molecule has 1 aromatic carbocycles. The Labute approximate surface area is 164 Å². The summed E-state index contributed by atoms with van der Waals surface area (Å²) in [6.07, 6.45) is 5.51. The van der Waals surface area contributed by atoms with Crippen LogP contribution in [0.5, 0.6) is 0 Å². The molecule has 0 unspecified atom stereocenters. The number of nitrogens with zero attached hydrogens (tertiary/aromatic N) is 5. The first-order valence-electron chi connectivity index (χ1n) is 10.1. The standard InChI is InChI=1S/C21H26N6O/c1-2-16-6-8-17(9-7-16)22-21(28)13-12-19-24-23-18-10-11-20(25-27(18)19)26-14-4-3-5-15-26/h6-11H,2-5,12-15H2,1H3,(H,22,28). The van der Waals surface area contributed by atoms with E-state index in [4.69, 9.17) is 5.10 Å². The lowest BCUT2D eigenvalue weighted by atomic mass is 10.1. The lowest BCUT2D eigenvalue weighted by Gasteiger charge is -2.27. The molecule has 0 bridgehead atoms. The molecule has 1 saturated heterocycles. The van der Waals surface area contributed by atoms with E-state index >= 15 is 0 Å². The number of nitrogens with one attached hydrogen (secondary N) is 1. The van der Waals surface area contributed by atoms with E-state index in [1.165, 1.54) is 24.8 Å². The summed E-state index contributed by atoms with van der Waals surface area (Å²) in [5, 5.41) is 16.1. The summed E-state index contributed by atoms with van der Waals surface area (Å²) in [5.41, 5.74) is 2.79. The fourth-order valence-electron chi connectivity index (χ4n) is 3.54. The van der Waals surface area contributed by atoms with Crippen LogP contribution in [0, 0.1) is 0 Å². The first kappa shape index (κ1) is 18.4. The topological polar surface area (TPSA) is 75.4 Å². The molecule has 0 atom stereocenters. The lowest BCUT2D eigenvalue weighted by Crippen LogP contribution is -2.30. The molecule has 2 aromatic heterocycles. The SMILES string of the molecule is CCc1ccc(NC(=O)CCc2nnc3ccc(N4CCCCC4)nn23)cc1. The molecule has 1 aliphatic rings. The van der Waals surface area contributed by atoms with E-state index in [2.05, 4.69) is 27.3 Å². The van der Waals surface area contributed by atoms with Crippen LogP contribution in [-0.4, -0.2) is 38.8 Å². The van der Waals surface area contributed by atoms with Crippen molar-refractivity contribution in [1.29, 1.82) is 0 Å². The van der Waals surface area contributed by atoms with E-state index in [1.807, 2.05) is 36.4 Å². The molecule has 1 fully saturated rings. The molecule has 7 heteroatoms. The van der Waals surface area contributed by atoms with Gasteiger partial charge >= 0.3 is 0 Å². The van der Waals surface area contributed by atoms with Gasteiger partial charge in [0.25, 0.3) is 0 Å². The molecule has 146 valence electrons. The Morgan fingerprint density at radius 2 is 1.82 bits per heavy atom. The fraction of sp³-hybridized carbons (Fsp3) is 0.429. The van der Waals surface area contributed by atoms with E-state index in [0.29, 0.717) is 24.3 Å². The number of hydrogen-bond acceptors (Lipinski definition) is 5. The molecule has 0 radical (unpaired) electrons. The van der Waals surface area contributed by atoms with Crippen molar-refractivity contribution < 1.29 is 4.79 Å². The smallest absolute Gasteiger partial charge is 0.224 e. The average molecular weight is 378 g/mol. The number of carbonyl (C=O) groups excluding carboxylic acids is 1. The number of piperidine rings is 1. The predicted octanol–water partition coefficient (Wildman–Crippen LogP) is 3.25. The zero-order valence-corrected chi connectivity index (χ0v) is 16.3. The van der Waals surface area contributed by atoms with E-state index in [-0.39, 0.29) is 5.91 Å². The Balaban J connectivity index is 1.41. The van der Waals surface area contributed by atoms with Crippen LogP contribution in [0.4, 0.5) is 11.5 Å². The highest BCUT2D eigenvalue weighted by atomic mass is 16.1. The quantitative estimate of drug-likeness (QED) is 0.713. The number of carbonyl (C=O) groups is 1. The molecule has 1 aliphatic heterocycles. The third-order valence-electron chi connectivity index (χ3n) is 5.21. The number of amides is 1. The van der Waals surface area contributed by atoms with Crippen LogP contribution in [0.1, 0.15) is 44.0 Å². The maximum atomic E-state index is 12.3. The largest absolute Gasteiger partial charge is 0.355 e. The summed E-state index contributed by atoms with van der Waals surface area (Å²) in [5.74, 6) is 1.63. The number of benzene rings is 1. The van der Waals surface area contributed by atoms with Crippen molar-refractivity contribution >= 4 is 23.1 Å². The van der Waals surface area contributed by atoms with Crippen LogP contribution in [0.25, 0.3) is 5.65 Å². The van der Waals surface area contributed by atoms with Gasteiger partial charge in [-0.25, -0.2) is 0 Å². The van der Waals surface area contributed by atoms with Crippen LogP contribution < -0.4 is 10.2 Å². The molecule has 28 heavy (non-hydrogen) atoms. The van der Waals surface area contributed by atoms with E-state index < -0.39 is 0 Å². The van der Waals surface area contributed by atoms with Gasteiger partial charge in [-0.05, 0) is 55.5 Å². The van der Waals surface area contributed by atoms with Gasteiger partial charge in [-0.1, -0.05) is 19.1 Å². The van der Waals surface area contributed by atoms with Crippen LogP contribution in [0.3, 0.4) is 0 Å². The van der Waals surface area contributed by atoms with Gasteiger partial charge in [-0.2, -0.15) is 4.52 Å². The summed E-state index contributed by atoms with van der Waals surface area (Å²) in [4.78, 5) is 14.6. The second-order valence-corrected chi connectivity index (χ2v) is 7.22. The molecule has 0 spiro atoms. The number of fused-ring (bicyclic) bond motifs is 1. The van der Waals surface area contributed by atoms with Crippen LogP contribution >= 0.6 is 0 Å². The molecular formula is C21H26N6O. The summed E-state index contributed by atoms with van der Waals surface area (Å²) in [6.45, 7) is 4.19. The average Bonchev–Trinajstić information content (AvgIpc) is 3.16. The monoisotopic (exact) mass is 378 g/mol. The number of aryl methyl sites for hydroxylation is 2. The zero-order valence-electron chi connectivity index (χ0n) is 16.3. The highest BCUT2D eigenvalue weighted by Crippen LogP contribution is 2.18. The fourth-order valence-corrected chi connectivity index (χ4v) is 3.54. The molecule has 0 aliphatic carbocycles. The van der Waals surface area contributed by atoms with Crippen LogP contribution in [0.15, 0.2) is 36.4 Å². The van der Waals surface area contributed by atoms with E-state index in [9.17, 15) is 4.79 Å². The highest BCUT2D eigenvalue weighted by Gasteiger charge is 2.15. The molecule has 3 aromatic rings. The Bertz CT molecular complexity index is 943. The molecule has 1 N–H and O–H groups in total. The maximum absolute atomic E-state index is 12.3. The Kier molecular flexibility index (Phi) is 5.50. The van der Waals surface area contributed by atoms with Gasteiger partial charge in [0.15, 0.2) is 11.5 Å². The van der Waals surface area contributed by atoms with Crippen molar-refractivity contribution in [3.8, 4) is 0 Å². The van der Waals surface area contributed by atoms with Crippen molar-refractivity contribution in [3.63, 3.8) is 0 Å². The normalized spacial score (nSPS) is 14.4. The van der Waals surface area contributed by atoms with Gasteiger partial charge in [0.2, 0.25) is 5.91 Å². The number of hydrogen-bond donors (Lipinski definition) is 1. The van der Waals surface area contributed by atoms with Crippen molar-refractivity contribution in [2.45, 2.75) is 45.4 Å². The highest BCUT2D eigenvalue weighted by molar-refractivity contribution is 5.90. The summed E-state index contributed by atoms with van der Waals surface area (Å²) < 4.78 is 1.77. The summed E-state index contributed by atoms with van der Waals surface area (Å²) in [6, 6.07) is 11.9. The minimum Gasteiger partial charge on any atom is -0.355 e.